The third kappa shape index (κ3) is 9.54. The van der Waals surface area contributed by atoms with E-state index in [1.165, 1.54) is 19.3 Å². The van der Waals surface area contributed by atoms with Crippen molar-refractivity contribution in [3.63, 3.8) is 0 Å². The molecule has 2 aromatic carbocycles. The number of aromatic nitrogens is 1. The van der Waals surface area contributed by atoms with E-state index in [-0.39, 0.29) is 29.6 Å². The van der Waals surface area contributed by atoms with Crippen LogP contribution in [0.15, 0.2) is 54.7 Å². The van der Waals surface area contributed by atoms with E-state index in [1.54, 1.807) is 51.1 Å². The first-order valence-electron chi connectivity index (χ1n) is 12.4. The average molecular weight is 609 g/mol. The molecule has 0 saturated heterocycles. The van der Waals surface area contributed by atoms with Crippen LogP contribution in [0.1, 0.15) is 42.4 Å². The van der Waals surface area contributed by atoms with Gasteiger partial charge in [-0.05, 0) is 50.6 Å². The van der Waals surface area contributed by atoms with Crippen molar-refractivity contribution in [1.82, 2.24) is 15.6 Å². The van der Waals surface area contributed by atoms with E-state index < -0.39 is 41.0 Å². The number of benzene rings is 2. The Balaban J connectivity index is 1.66. The highest BCUT2D eigenvalue weighted by Gasteiger charge is 2.34. The number of hydrogen-bond donors (Lipinski definition) is 3. The van der Waals surface area contributed by atoms with Crippen molar-refractivity contribution in [2.75, 3.05) is 19.0 Å². The van der Waals surface area contributed by atoms with Crippen molar-refractivity contribution in [2.45, 2.75) is 39.1 Å². The maximum Gasteiger partial charge on any atom is 0.417 e. The van der Waals surface area contributed by atoms with E-state index >= 15 is 0 Å². The molecular weight excluding hydrogens is 581 g/mol. The van der Waals surface area contributed by atoms with Gasteiger partial charge in [0.2, 0.25) is 0 Å². The van der Waals surface area contributed by atoms with Crippen LogP contribution < -0.4 is 25.4 Å². The van der Waals surface area contributed by atoms with Crippen molar-refractivity contribution >= 4 is 35.2 Å². The number of carbonyl (C=O) groups excluding carboxylic acids is 3. The van der Waals surface area contributed by atoms with Gasteiger partial charge in [-0.3, -0.25) is 9.78 Å². The molecule has 3 rings (SSSR count). The number of amides is 3. The molecular formula is C28H28ClF3N4O6. The summed E-state index contributed by atoms with van der Waals surface area (Å²) in [6, 6.07) is 10.3. The lowest BCUT2D eigenvalue weighted by atomic mass is 10.1. The van der Waals surface area contributed by atoms with Crippen LogP contribution in [0.3, 0.4) is 0 Å². The summed E-state index contributed by atoms with van der Waals surface area (Å²) >= 11 is 5.80. The van der Waals surface area contributed by atoms with Gasteiger partial charge >= 0.3 is 18.2 Å². The third-order valence-corrected chi connectivity index (χ3v) is 5.50. The molecule has 0 atom stereocenters. The number of esters is 1. The number of halogens is 4. The number of nitrogens with zero attached hydrogens (tertiary/aromatic N) is 1. The predicted octanol–water partition coefficient (Wildman–Crippen LogP) is 5.95. The Hall–Kier alpha value is -4.52. The van der Waals surface area contributed by atoms with E-state index in [0.717, 1.165) is 6.07 Å². The number of urea groups is 1. The fourth-order valence-electron chi connectivity index (χ4n) is 3.38. The maximum absolute atomic E-state index is 13.5. The smallest absolute Gasteiger partial charge is 0.417 e. The van der Waals surface area contributed by atoms with Crippen molar-refractivity contribution in [2.24, 2.45) is 0 Å². The van der Waals surface area contributed by atoms with Crippen LogP contribution in [-0.4, -0.2) is 42.1 Å². The van der Waals surface area contributed by atoms with Crippen molar-refractivity contribution in [1.29, 1.82) is 0 Å². The van der Waals surface area contributed by atoms with Gasteiger partial charge in [0, 0.05) is 31.9 Å². The van der Waals surface area contributed by atoms with Crippen LogP contribution >= 0.6 is 11.6 Å². The molecule has 14 heteroatoms. The normalized spacial score (nSPS) is 11.3. The quantitative estimate of drug-likeness (QED) is 0.256. The Morgan fingerprint density at radius 3 is 2.29 bits per heavy atom. The fraction of sp³-hybridized carbons (Fsp3) is 0.286. The lowest BCUT2D eigenvalue weighted by molar-refractivity contribution is -0.157. The molecule has 3 aromatic rings. The molecule has 0 saturated carbocycles. The number of nitrogens with one attached hydrogen (secondary N) is 3. The standard InChI is InChI=1S/C28H28ClF3N4O6/c1-27(2,3)42-24(37)15-40-23-13-20(29)19(28(30,31)32)12-21(23)36-26(39)35-14-16-5-7-17(8-6-16)41-18-9-10-34-22(11-18)25(38)33-4/h5-13H,14-15H2,1-4H3,(H,33,38)(H2,35,36,39). The summed E-state index contributed by atoms with van der Waals surface area (Å²) in [4.78, 5) is 40.3. The van der Waals surface area contributed by atoms with Gasteiger partial charge in [-0.2, -0.15) is 13.2 Å². The topological polar surface area (TPSA) is 128 Å². The molecule has 0 unspecified atom stereocenters. The molecule has 0 aliphatic rings. The second-order valence-corrected chi connectivity index (χ2v) is 10.1. The van der Waals surface area contributed by atoms with Gasteiger partial charge < -0.3 is 30.2 Å². The molecule has 224 valence electrons. The van der Waals surface area contributed by atoms with Crippen LogP contribution in [0.4, 0.5) is 23.7 Å². The van der Waals surface area contributed by atoms with E-state index in [1.807, 2.05) is 0 Å². The second kappa shape index (κ2) is 13.4. The predicted molar refractivity (Wildman–Crippen MR) is 148 cm³/mol. The minimum Gasteiger partial charge on any atom is -0.480 e. The van der Waals surface area contributed by atoms with Gasteiger partial charge in [0.15, 0.2) is 6.61 Å². The lowest BCUT2D eigenvalue weighted by Crippen LogP contribution is -2.29. The van der Waals surface area contributed by atoms with Crippen LogP contribution in [-0.2, 0) is 22.3 Å². The molecule has 0 aliphatic carbocycles. The number of carbonyl (C=O) groups is 3. The molecule has 3 N–H and O–H groups in total. The molecule has 0 radical (unpaired) electrons. The molecule has 1 aromatic heterocycles. The van der Waals surface area contributed by atoms with Crippen molar-refractivity contribution in [3.05, 3.63) is 76.6 Å². The van der Waals surface area contributed by atoms with Gasteiger partial charge in [-0.15, -0.1) is 0 Å². The van der Waals surface area contributed by atoms with E-state index in [2.05, 4.69) is 20.9 Å². The fourth-order valence-corrected chi connectivity index (χ4v) is 3.64. The van der Waals surface area contributed by atoms with Crippen LogP contribution in [0.25, 0.3) is 0 Å². The average Bonchev–Trinajstić information content (AvgIpc) is 2.90. The number of hydrogen-bond acceptors (Lipinski definition) is 7. The molecule has 0 fully saturated rings. The zero-order chi connectivity index (χ0) is 31.1. The number of rotatable bonds is 9. The molecule has 0 spiro atoms. The highest BCUT2D eigenvalue weighted by molar-refractivity contribution is 6.31. The van der Waals surface area contributed by atoms with Gasteiger partial charge in [0.1, 0.15) is 28.5 Å². The largest absolute Gasteiger partial charge is 0.480 e. The maximum atomic E-state index is 13.5. The van der Waals surface area contributed by atoms with Gasteiger partial charge in [-0.1, -0.05) is 23.7 Å². The Bertz CT molecular complexity index is 1440. The van der Waals surface area contributed by atoms with Gasteiger partial charge in [0.05, 0.1) is 16.3 Å². The molecule has 3 amide bonds. The summed E-state index contributed by atoms with van der Waals surface area (Å²) in [5, 5.41) is 6.64. The summed E-state index contributed by atoms with van der Waals surface area (Å²) < 4.78 is 56.6. The Morgan fingerprint density at radius 1 is 0.976 bits per heavy atom. The Morgan fingerprint density at radius 2 is 1.67 bits per heavy atom. The highest BCUT2D eigenvalue weighted by atomic mass is 35.5. The zero-order valence-electron chi connectivity index (χ0n) is 23.0. The Labute approximate surface area is 244 Å². The van der Waals surface area contributed by atoms with E-state index in [9.17, 15) is 27.6 Å². The summed E-state index contributed by atoms with van der Waals surface area (Å²) in [6.45, 7) is 4.31. The number of anilines is 1. The summed E-state index contributed by atoms with van der Waals surface area (Å²) in [5.74, 6) is -0.553. The highest BCUT2D eigenvalue weighted by Crippen LogP contribution is 2.40. The number of pyridine rings is 1. The van der Waals surface area contributed by atoms with Gasteiger partial charge in [0.25, 0.3) is 5.91 Å². The van der Waals surface area contributed by atoms with Gasteiger partial charge in [-0.25, -0.2) is 9.59 Å². The lowest BCUT2D eigenvalue weighted by Gasteiger charge is -2.20. The first-order valence-corrected chi connectivity index (χ1v) is 12.8. The third-order valence-electron chi connectivity index (χ3n) is 5.19. The van der Waals surface area contributed by atoms with E-state index in [4.69, 9.17) is 25.8 Å². The summed E-state index contributed by atoms with van der Waals surface area (Å²) in [7, 11) is 1.49. The van der Waals surface area contributed by atoms with E-state index in [0.29, 0.717) is 23.1 Å². The van der Waals surface area contributed by atoms with Crippen LogP contribution in [0.5, 0.6) is 17.2 Å². The van der Waals surface area contributed by atoms with Crippen LogP contribution in [0.2, 0.25) is 5.02 Å². The molecule has 10 nitrogen and oxygen atoms in total. The first-order chi connectivity index (χ1) is 19.6. The van der Waals surface area contributed by atoms with Crippen molar-refractivity contribution < 1.29 is 41.8 Å². The monoisotopic (exact) mass is 608 g/mol. The Kier molecular flexibility index (Phi) is 10.2. The summed E-state index contributed by atoms with van der Waals surface area (Å²) in [6.07, 6.45) is -3.37. The number of ether oxygens (including phenoxy) is 3. The SMILES string of the molecule is CNC(=O)c1cc(Oc2ccc(CNC(=O)Nc3cc(C(F)(F)F)c(Cl)cc3OCC(=O)OC(C)(C)C)cc2)ccn1. The molecule has 0 aliphatic heterocycles. The molecule has 42 heavy (non-hydrogen) atoms. The number of alkyl halides is 3. The summed E-state index contributed by atoms with van der Waals surface area (Å²) in [5.41, 5.74) is -1.53. The minimum atomic E-state index is -4.81. The second-order valence-electron chi connectivity index (χ2n) is 9.71. The van der Waals surface area contributed by atoms with Crippen LogP contribution in [0, 0.1) is 0 Å². The zero-order valence-corrected chi connectivity index (χ0v) is 23.8. The minimum absolute atomic E-state index is 0.00993. The first kappa shape index (κ1) is 32.0. The molecule has 1 heterocycles. The molecule has 0 bridgehead atoms. The van der Waals surface area contributed by atoms with Crippen molar-refractivity contribution in [3.8, 4) is 17.2 Å².